The topological polar surface area (TPSA) is 163 Å². The first-order valence-corrected chi connectivity index (χ1v) is 13.8. The number of hydrogen-bond donors (Lipinski definition) is 2. The smallest absolute Gasteiger partial charge is 0.330 e. The van der Waals surface area contributed by atoms with Gasteiger partial charge in [0.2, 0.25) is 7.37 Å². The molecule has 12 nitrogen and oxygen atoms in total. The molecule has 5 atom stereocenters. The number of aromatic amines is 1. The Morgan fingerprint density at radius 1 is 1.18 bits per heavy atom. The molecule has 2 rings (SSSR count). The summed E-state index contributed by atoms with van der Waals surface area (Å²) in [5.41, 5.74) is -5.76. The fourth-order valence-corrected chi connectivity index (χ4v) is 4.56. The Morgan fingerprint density at radius 3 is 2.32 bits per heavy atom. The predicted octanol–water partition coefficient (Wildman–Crippen LogP) is 2.47. The predicted molar refractivity (Wildman–Crippen MR) is 134 cm³/mol. The Kier molecular flexibility index (Phi) is 9.69. The van der Waals surface area contributed by atoms with E-state index < -0.39 is 72.3 Å². The van der Waals surface area contributed by atoms with Crippen molar-refractivity contribution in [3.63, 3.8) is 0 Å². The maximum Gasteiger partial charge on any atom is 0.330 e. The zero-order valence-electron chi connectivity index (χ0n) is 22.6. The highest BCUT2D eigenvalue weighted by molar-refractivity contribution is 7.62. The minimum absolute atomic E-state index is 0.296. The number of esters is 2. The van der Waals surface area contributed by atoms with Crippen LogP contribution in [0.3, 0.4) is 0 Å². The van der Waals surface area contributed by atoms with Gasteiger partial charge in [0.15, 0.2) is 18.7 Å². The fraction of sp³-hybridized carbons (Fsp3) is 0.667. The largest absolute Gasteiger partial charge is 0.465 e. The van der Waals surface area contributed by atoms with Crippen molar-refractivity contribution >= 4 is 19.3 Å². The molecule has 2 heterocycles. The van der Waals surface area contributed by atoms with E-state index in [4.69, 9.17) is 18.7 Å². The van der Waals surface area contributed by atoms with Crippen molar-refractivity contribution in [3.05, 3.63) is 45.0 Å². The summed E-state index contributed by atoms with van der Waals surface area (Å²) in [7, 11) is -3.83. The molecule has 38 heavy (non-hydrogen) atoms. The van der Waals surface area contributed by atoms with Gasteiger partial charge in [-0.2, -0.15) is 0 Å². The normalized spacial score (nSPS) is 25.8. The van der Waals surface area contributed by atoms with Crippen LogP contribution in [0.4, 0.5) is 4.39 Å². The number of nitrogens with one attached hydrogen (secondary N) is 1. The molecule has 214 valence electrons. The van der Waals surface area contributed by atoms with Gasteiger partial charge in [-0.05, 0) is 60.4 Å². The van der Waals surface area contributed by atoms with Crippen molar-refractivity contribution in [2.24, 2.45) is 10.8 Å². The van der Waals surface area contributed by atoms with Crippen molar-refractivity contribution in [2.75, 3.05) is 19.6 Å². The minimum atomic E-state index is -3.83. The summed E-state index contributed by atoms with van der Waals surface area (Å²) in [6, 6.07) is 0.996. The molecule has 0 radical (unpaired) electrons. The van der Waals surface area contributed by atoms with Gasteiger partial charge >= 0.3 is 17.6 Å². The van der Waals surface area contributed by atoms with Crippen LogP contribution in [-0.4, -0.2) is 64.0 Å². The Hall–Kier alpha value is -2.60. The molecule has 0 aliphatic carbocycles. The van der Waals surface area contributed by atoms with Gasteiger partial charge in [0, 0.05) is 12.3 Å². The number of rotatable bonds is 9. The van der Waals surface area contributed by atoms with Gasteiger partial charge in [0.25, 0.3) is 5.56 Å². The first-order valence-electron chi connectivity index (χ1n) is 11.9. The molecule has 1 aliphatic heterocycles. The van der Waals surface area contributed by atoms with Crippen LogP contribution in [0.2, 0.25) is 0 Å². The van der Waals surface area contributed by atoms with E-state index in [0.717, 1.165) is 35.6 Å². The van der Waals surface area contributed by atoms with E-state index in [9.17, 15) is 28.8 Å². The second-order valence-corrected chi connectivity index (χ2v) is 13.6. The van der Waals surface area contributed by atoms with E-state index in [-0.39, 0.29) is 12.8 Å². The van der Waals surface area contributed by atoms with Gasteiger partial charge < -0.3 is 19.3 Å². The van der Waals surface area contributed by atoms with Gasteiger partial charge in [-0.25, -0.2) is 9.18 Å². The maximum absolute atomic E-state index is 15.4. The van der Waals surface area contributed by atoms with Crippen LogP contribution in [0, 0.1) is 10.8 Å². The van der Waals surface area contributed by atoms with Crippen LogP contribution < -0.4 is 11.2 Å². The molecule has 0 saturated carbocycles. The summed E-state index contributed by atoms with van der Waals surface area (Å²) in [6.45, 7) is 9.86. The summed E-state index contributed by atoms with van der Waals surface area (Å²) in [6.07, 6.45) is -2.96. The molecule has 1 saturated heterocycles. The van der Waals surface area contributed by atoms with E-state index in [1.807, 2.05) is 4.98 Å². The third-order valence-corrected chi connectivity index (χ3v) is 7.56. The van der Waals surface area contributed by atoms with Crippen LogP contribution in [0.1, 0.15) is 54.7 Å². The number of nitrogens with zero attached hydrogens (tertiary/aromatic N) is 1. The third kappa shape index (κ3) is 7.95. The first-order chi connectivity index (χ1) is 17.3. The zero-order chi connectivity index (χ0) is 29.1. The van der Waals surface area contributed by atoms with Crippen molar-refractivity contribution in [1.82, 2.24) is 9.55 Å². The molecule has 0 bridgehead atoms. The number of carbonyl (C=O) groups excluding carboxylic acids is 2. The highest BCUT2D eigenvalue weighted by Gasteiger charge is 2.54. The second-order valence-electron chi connectivity index (χ2n) is 11.2. The molecule has 2 N–H and O–H groups in total. The lowest BCUT2D eigenvalue weighted by molar-refractivity contribution is -0.159. The van der Waals surface area contributed by atoms with E-state index >= 15 is 4.39 Å². The highest BCUT2D eigenvalue weighted by Crippen LogP contribution is 2.50. The zero-order valence-corrected chi connectivity index (χ0v) is 23.5. The molecule has 1 fully saturated rings. The quantitative estimate of drug-likeness (QED) is 0.260. The van der Waals surface area contributed by atoms with E-state index in [2.05, 4.69) is 0 Å². The van der Waals surface area contributed by atoms with E-state index in [0.29, 0.717) is 0 Å². The lowest BCUT2D eigenvalue weighted by Gasteiger charge is -2.24. The van der Waals surface area contributed by atoms with Crippen molar-refractivity contribution in [2.45, 2.75) is 72.6 Å². The SMILES string of the molecule is CC(C)(C)C(=O)OCCP(=O)(/C=C/[C@H]1O[C@@H](n2ccc(=O)[nH]c2=O)[C@](C)(F)C1O)OCOC(=O)C(C)(C)C. The maximum atomic E-state index is 15.4. The van der Waals surface area contributed by atoms with E-state index in [1.165, 1.54) is 0 Å². The lowest BCUT2D eigenvalue weighted by Crippen LogP contribution is -2.43. The van der Waals surface area contributed by atoms with Crippen LogP contribution in [-0.2, 0) is 32.9 Å². The molecular weight excluding hydrogens is 526 g/mol. The molecule has 1 aromatic rings. The Morgan fingerprint density at radius 2 is 1.76 bits per heavy atom. The molecule has 0 spiro atoms. The Bertz CT molecular complexity index is 1170. The molecule has 2 unspecified atom stereocenters. The molecule has 0 aromatic carbocycles. The van der Waals surface area contributed by atoms with Crippen LogP contribution in [0.25, 0.3) is 0 Å². The second kappa shape index (κ2) is 11.6. The fourth-order valence-electron chi connectivity index (χ4n) is 3.19. The number of hydrogen-bond acceptors (Lipinski definition) is 10. The summed E-state index contributed by atoms with van der Waals surface area (Å²) >= 11 is 0. The summed E-state index contributed by atoms with van der Waals surface area (Å²) in [5.74, 6) is -0.0987. The molecule has 0 amide bonds. The van der Waals surface area contributed by atoms with Crippen molar-refractivity contribution < 1.29 is 42.4 Å². The Labute approximate surface area is 219 Å². The molecular formula is C24H36FN2O10P. The summed E-state index contributed by atoms with van der Waals surface area (Å²) < 4.78 is 50.8. The van der Waals surface area contributed by atoms with Gasteiger partial charge in [0.1, 0.15) is 18.8 Å². The third-order valence-electron chi connectivity index (χ3n) is 5.59. The van der Waals surface area contributed by atoms with Gasteiger partial charge in [-0.1, -0.05) is 0 Å². The van der Waals surface area contributed by atoms with Crippen molar-refractivity contribution in [3.8, 4) is 0 Å². The van der Waals surface area contributed by atoms with Crippen molar-refractivity contribution in [1.29, 1.82) is 0 Å². The van der Waals surface area contributed by atoms with E-state index in [1.54, 1.807) is 41.5 Å². The van der Waals surface area contributed by atoms with Crippen LogP contribution in [0.5, 0.6) is 0 Å². The summed E-state index contributed by atoms with van der Waals surface area (Å²) in [5, 5.41) is 10.6. The number of H-pyrrole nitrogens is 1. The van der Waals surface area contributed by atoms with Crippen LogP contribution >= 0.6 is 7.37 Å². The van der Waals surface area contributed by atoms with Crippen LogP contribution in [0.15, 0.2) is 33.7 Å². The molecule has 1 aromatic heterocycles. The number of aliphatic hydroxyl groups is 1. The van der Waals surface area contributed by atoms with Gasteiger partial charge in [-0.3, -0.25) is 33.0 Å². The van der Waals surface area contributed by atoms with Gasteiger partial charge in [0.05, 0.1) is 17.0 Å². The van der Waals surface area contributed by atoms with Gasteiger partial charge in [-0.15, -0.1) is 0 Å². The number of carbonyl (C=O) groups is 2. The monoisotopic (exact) mass is 562 g/mol. The summed E-state index contributed by atoms with van der Waals surface area (Å²) in [4.78, 5) is 49.6. The highest BCUT2D eigenvalue weighted by atomic mass is 31.2. The lowest BCUT2D eigenvalue weighted by atomic mass is 9.97. The molecule has 1 aliphatic rings. The number of halogens is 1. The molecule has 14 heteroatoms. The number of ether oxygens (including phenoxy) is 3. The average Bonchev–Trinajstić information content (AvgIpc) is 3.00. The average molecular weight is 563 g/mol. The Balaban J connectivity index is 2.24. The minimum Gasteiger partial charge on any atom is -0.465 e. The standard InChI is InChI=1S/C24H36FN2O10P/c1-22(2,3)19(30)34-11-13-38(33,36-14-35-20(31)23(4,5)6)12-9-15-17(29)24(7,25)18(37-15)27-10-8-16(28)26-21(27)32/h8-10,12,15,17-18,29H,11,13-14H2,1-7H3,(H,26,28,32)/b12-9+/t15-,17?,18-,24-,38?/m1/s1. The number of aliphatic hydroxyl groups excluding tert-OH is 1. The first kappa shape index (κ1) is 31.6. The number of aromatic nitrogens is 2. The number of alkyl halides is 1.